The molecule has 0 spiro atoms. The van der Waals surface area contributed by atoms with Crippen molar-refractivity contribution >= 4 is 21.4 Å². The van der Waals surface area contributed by atoms with E-state index in [0.29, 0.717) is 17.3 Å². The molecule has 0 atom stereocenters. The number of aromatic nitrogens is 2. The Morgan fingerprint density at radius 3 is 2.54 bits per heavy atom. The summed E-state index contributed by atoms with van der Waals surface area (Å²) >= 11 is 1.26. The van der Waals surface area contributed by atoms with Crippen LogP contribution in [0.25, 0.3) is 11.4 Å². The molecule has 1 saturated heterocycles. The quantitative estimate of drug-likeness (QED) is 0.719. The lowest BCUT2D eigenvalue weighted by atomic mass is 10.1. The van der Waals surface area contributed by atoms with Crippen molar-refractivity contribution in [1.82, 2.24) is 13.9 Å². The van der Waals surface area contributed by atoms with E-state index in [4.69, 9.17) is 0 Å². The summed E-state index contributed by atoms with van der Waals surface area (Å²) in [6, 6.07) is 13.5. The maximum atomic E-state index is 12.5. The standard InChI is InChI=1S/C17H17N3O2S2/c1-13-10-18-17(14-6-3-2-4-7-14)20(13)15-11-19(12-15)24(21,22)16-8-5-9-23-16/h2-10,15H,11-12H2,1H3. The van der Waals surface area contributed by atoms with Gasteiger partial charge in [-0.3, -0.25) is 0 Å². The summed E-state index contributed by atoms with van der Waals surface area (Å²) in [6.45, 7) is 2.98. The fourth-order valence-electron chi connectivity index (χ4n) is 3.02. The molecule has 124 valence electrons. The minimum Gasteiger partial charge on any atom is -0.323 e. The Bertz CT molecular complexity index is 941. The maximum absolute atomic E-state index is 12.5. The molecule has 1 aromatic carbocycles. The summed E-state index contributed by atoms with van der Waals surface area (Å²) in [5, 5.41) is 1.79. The van der Waals surface area contributed by atoms with E-state index in [2.05, 4.69) is 9.55 Å². The van der Waals surface area contributed by atoms with Crippen molar-refractivity contribution in [3.8, 4) is 11.4 Å². The Morgan fingerprint density at radius 2 is 1.88 bits per heavy atom. The number of benzene rings is 1. The van der Waals surface area contributed by atoms with Crippen molar-refractivity contribution in [3.63, 3.8) is 0 Å². The zero-order valence-electron chi connectivity index (χ0n) is 13.2. The van der Waals surface area contributed by atoms with Gasteiger partial charge in [0.15, 0.2) is 0 Å². The van der Waals surface area contributed by atoms with Crippen molar-refractivity contribution in [2.45, 2.75) is 17.2 Å². The van der Waals surface area contributed by atoms with E-state index in [1.54, 1.807) is 17.5 Å². The lowest BCUT2D eigenvalue weighted by molar-refractivity contribution is 0.204. The molecule has 0 bridgehead atoms. The Balaban J connectivity index is 1.59. The topological polar surface area (TPSA) is 55.2 Å². The van der Waals surface area contributed by atoms with E-state index in [1.807, 2.05) is 43.5 Å². The third kappa shape index (κ3) is 2.49. The summed E-state index contributed by atoms with van der Waals surface area (Å²) in [7, 11) is -3.36. The molecule has 24 heavy (non-hydrogen) atoms. The molecule has 5 nitrogen and oxygen atoms in total. The highest BCUT2D eigenvalue weighted by molar-refractivity contribution is 7.91. The van der Waals surface area contributed by atoms with Gasteiger partial charge in [0.25, 0.3) is 10.0 Å². The average Bonchev–Trinajstić information content (AvgIpc) is 3.18. The fourth-order valence-corrected chi connectivity index (χ4v) is 5.68. The highest BCUT2D eigenvalue weighted by atomic mass is 32.2. The SMILES string of the molecule is Cc1cnc(-c2ccccc2)n1C1CN(S(=O)(=O)c2cccs2)C1. The van der Waals surface area contributed by atoms with E-state index in [1.165, 1.54) is 15.6 Å². The van der Waals surface area contributed by atoms with Crippen LogP contribution in [0.3, 0.4) is 0 Å². The molecule has 0 aliphatic carbocycles. The molecule has 0 radical (unpaired) electrons. The number of thiophene rings is 1. The van der Waals surface area contributed by atoms with Crippen LogP contribution in [0.5, 0.6) is 0 Å². The van der Waals surface area contributed by atoms with Crippen molar-refractivity contribution in [2.75, 3.05) is 13.1 Å². The Labute approximate surface area is 145 Å². The molecule has 1 aliphatic rings. The first-order valence-corrected chi connectivity index (χ1v) is 10.0. The van der Waals surface area contributed by atoms with Gasteiger partial charge in [0.1, 0.15) is 10.0 Å². The van der Waals surface area contributed by atoms with E-state index < -0.39 is 10.0 Å². The molecule has 0 saturated carbocycles. The number of nitrogens with zero attached hydrogens (tertiary/aromatic N) is 3. The van der Waals surface area contributed by atoms with Crippen LogP contribution in [0.4, 0.5) is 0 Å². The van der Waals surface area contributed by atoms with E-state index in [9.17, 15) is 8.42 Å². The number of hydrogen-bond donors (Lipinski definition) is 0. The largest absolute Gasteiger partial charge is 0.323 e. The summed E-state index contributed by atoms with van der Waals surface area (Å²) in [4.78, 5) is 4.52. The van der Waals surface area contributed by atoms with Gasteiger partial charge in [-0.15, -0.1) is 11.3 Å². The molecule has 7 heteroatoms. The zero-order valence-corrected chi connectivity index (χ0v) is 14.8. The van der Waals surface area contributed by atoms with Crippen molar-refractivity contribution in [2.24, 2.45) is 0 Å². The first-order chi connectivity index (χ1) is 11.6. The lowest BCUT2D eigenvalue weighted by Gasteiger charge is -2.39. The minimum absolute atomic E-state index is 0.123. The van der Waals surface area contributed by atoms with Crippen LogP contribution >= 0.6 is 11.3 Å². The van der Waals surface area contributed by atoms with Crippen LogP contribution in [-0.4, -0.2) is 35.4 Å². The molecule has 0 amide bonds. The van der Waals surface area contributed by atoms with Gasteiger partial charge in [-0.25, -0.2) is 13.4 Å². The number of imidazole rings is 1. The molecular formula is C17H17N3O2S2. The fraction of sp³-hybridized carbons (Fsp3) is 0.235. The van der Waals surface area contributed by atoms with Crippen LogP contribution in [0, 0.1) is 6.92 Å². The van der Waals surface area contributed by atoms with Crippen molar-refractivity contribution in [3.05, 3.63) is 59.7 Å². The normalized spacial score (nSPS) is 16.2. The molecule has 2 aromatic heterocycles. The van der Waals surface area contributed by atoms with Gasteiger partial charge in [-0.1, -0.05) is 36.4 Å². The summed E-state index contributed by atoms with van der Waals surface area (Å²) in [5.74, 6) is 0.895. The lowest BCUT2D eigenvalue weighted by Crippen LogP contribution is -2.50. The van der Waals surface area contributed by atoms with E-state index in [0.717, 1.165) is 17.1 Å². The molecule has 1 fully saturated rings. The number of sulfonamides is 1. The number of rotatable bonds is 4. The first-order valence-electron chi connectivity index (χ1n) is 7.70. The number of hydrogen-bond acceptors (Lipinski definition) is 4. The van der Waals surface area contributed by atoms with Crippen LogP contribution in [0.2, 0.25) is 0 Å². The minimum atomic E-state index is -3.36. The van der Waals surface area contributed by atoms with Gasteiger partial charge in [0.05, 0.1) is 6.04 Å². The van der Waals surface area contributed by atoms with Crippen molar-refractivity contribution < 1.29 is 8.42 Å². The van der Waals surface area contributed by atoms with Gasteiger partial charge in [-0.2, -0.15) is 4.31 Å². The second kappa shape index (κ2) is 5.84. The van der Waals surface area contributed by atoms with Crippen LogP contribution in [0.15, 0.2) is 58.3 Å². The molecular weight excluding hydrogens is 342 g/mol. The second-order valence-electron chi connectivity index (χ2n) is 5.87. The summed E-state index contributed by atoms with van der Waals surface area (Å²) in [5.41, 5.74) is 2.09. The van der Waals surface area contributed by atoms with E-state index in [-0.39, 0.29) is 6.04 Å². The predicted octanol–water partition coefficient (Wildman–Crippen LogP) is 3.17. The van der Waals surface area contributed by atoms with Gasteiger partial charge >= 0.3 is 0 Å². The highest BCUT2D eigenvalue weighted by Gasteiger charge is 2.39. The van der Waals surface area contributed by atoms with Crippen molar-refractivity contribution in [1.29, 1.82) is 0 Å². The van der Waals surface area contributed by atoms with E-state index >= 15 is 0 Å². The second-order valence-corrected chi connectivity index (χ2v) is 8.98. The van der Waals surface area contributed by atoms with Gasteiger partial charge in [0.2, 0.25) is 0 Å². The molecule has 0 N–H and O–H groups in total. The predicted molar refractivity (Wildman–Crippen MR) is 94.5 cm³/mol. The smallest absolute Gasteiger partial charge is 0.252 e. The Kier molecular flexibility index (Phi) is 3.79. The molecule has 3 aromatic rings. The average molecular weight is 359 g/mol. The Hall–Kier alpha value is -1.96. The van der Waals surface area contributed by atoms with Gasteiger partial charge in [0, 0.05) is 30.5 Å². The van der Waals surface area contributed by atoms with Crippen LogP contribution < -0.4 is 0 Å². The molecule has 0 unspecified atom stereocenters. The van der Waals surface area contributed by atoms with Gasteiger partial charge < -0.3 is 4.57 Å². The molecule has 1 aliphatic heterocycles. The summed E-state index contributed by atoms with van der Waals surface area (Å²) in [6.07, 6.45) is 1.85. The maximum Gasteiger partial charge on any atom is 0.252 e. The number of aryl methyl sites for hydroxylation is 1. The first kappa shape index (κ1) is 15.6. The van der Waals surface area contributed by atoms with Crippen LogP contribution in [0.1, 0.15) is 11.7 Å². The Morgan fingerprint density at radius 1 is 1.12 bits per heavy atom. The third-order valence-corrected chi connectivity index (χ3v) is 7.50. The van der Waals surface area contributed by atoms with Gasteiger partial charge in [-0.05, 0) is 18.4 Å². The van der Waals surface area contributed by atoms with Crippen LogP contribution in [-0.2, 0) is 10.0 Å². The third-order valence-electron chi connectivity index (χ3n) is 4.30. The summed E-state index contributed by atoms with van der Waals surface area (Å²) < 4.78 is 29.2. The highest BCUT2D eigenvalue weighted by Crippen LogP contribution is 2.33. The molecule has 4 rings (SSSR count). The monoisotopic (exact) mass is 359 g/mol. The molecule has 3 heterocycles. The zero-order chi connectivity index (χ0) is 16.7.